The highest BCUT2D eigenvalue weighted by Gasteiger charge is 2.31. The Bertz CT molecular complexity index is 1150. The largest absolute Gasteiger partial charge is 0.493 e. The van der Waals surface area contributed by atoms with Crippen molar-refractivity contribution in [1.29, 1.82) is 0 Å². The molecule has 0 saturated heterocycles. The van der Waals surface area contributed by atoms with Crippen LogP contribution in [0.5, 0.6) is 5.88 Å². The number of H-pyrrole nitrogens is 1. The summed E-state index contributed by atoms with van der Waals surface area (Å²) in [5.74, 6) is -0.482. The molecule has 0 unspecified atom stereocenters. The van der Waals surface area contributed by atoms with Crippen LogP contribution in [0, 0.1) is 0 Å². The first-order chi connectivity index (χ1) is 12.8. The van der Waals surface area contributed by atoms with E-state index < -0.39 is 23.2 Å². The molecule has 0 atom stereocenters. The third-order valence-corrected chi connectivity index (χ3v) is 4.20. The Morgan fingerprint density at radius 3 is 2.67 bits per heavy atom. The first-order valence-corrected chi connectivity index (χ1v) is 7.91. The van der Waals surface area contributed by atoms with Crippen LogP contribution in [0.2, 0.25) is 0 Å². The summed E-state index contributed by atoms with van der Waals surface area (Å²) in [6, 6.07) is 11.6. The molecule has 0 amide bonds. The number of fused-ring (bicyclic) bond motifs is 1. The highest BCUT2D eigenvalue weighted by atomic mass is 19.4. The van der Waals surface area contributed by atoms with Gasteiger partial charge in [0.2, 0.25) is 5.88 Å². The summed E-state index contributed by atoms with van der Waals surface area (Å²) < 4.78 is 39.7. The van der Waals surface area contributed by atoms with Gasteiger partial charge in [0.05, 0.1) is 16.9 Å². The van der Waals surface area contributed by atoms with Crippen LogP contribution >= 0.6 is 0 Å². The van der Waals surface area contributed by atoms with E-state index in [2.05, 4.69) is 10.1 Å². The van der Waals surface area contributed by atoms with E-state index in [0.717, 1.165) is 28.1 Å². The number of aliphatic imine (C=N–C) groups is 1. The molecule has 2 aromatic carbocycles. The fourth-order valence-corrected chi connectivity index (χ4v) is 2.88. The third kappa shape index (κ3) is 2.95. The monoisotopic (exact) mass is 371 g/mol. The van der Waals surface area contributed by atoms with Gasteiger partial charge in [-0.2, -0.15) is 13.2 Å². The molecule has 0 spiro atoms. The topological polar surface area (TPSA) is 70.4 Å². The van der Waals surface area contributed by atoms with E-state index in [1.54, 1.807) is 6.21 Å². The number of allylic oxidation sites excluding steroid dienone is 1. The molecule has 2 N–H and O–H groups in total. The molecular weight excluding hydrogens is 359 g/mol. The van der Waals surface area contributed by atoms with Crippen LogP contribution in [0.25, 0.3) is 17.3 Å². The number of aromatic amines is 1. The van der Waals surface area contributed by atoms with Gasteiger partial charge in [0.1, 0.15) is 5.56 Å². The lowest BCUT2D eigenvalue weighted by molar-refractivity contribution is -0.137. The van der Waals surface area contributed by atoms with Crippen molar-refractivity contribution >= 4 is 23.6 Å². The van der Waals surface area contributed by atoms with Gasteiger partial charge in [0, 0.05) is 17.4 Å². The van der Waals surface area contributed by atoms with Crippen LogP contribution in [0.3, 0.4) is 0 Å². The molecule has 0 aliphatic carbocycles. The van der Waals surface area contributed by atoms with Gasteiger partial charge in [-0.25, -0.2) is 4.68 Å². The van der Waals surface area contributed by atoms with Crippen molar-refractivity contribution in [2.75, 3.05) is 0 Å². The summed E-state index contributed by atoms with van der Waals surface area (Å²) in [6.07, 6.45) is -1.52. The average Bonchev–Trinajstić information content (AvgIpc) is 3.17. The van der Waals surface area contributed by atoms with Gasteiger partial charge in [-0.15, -0.1) is 0 Å². The van der Waals surface area contributed by atoms with Crippen molar-refractivity contribution in [2.45, 2.75) is 6.18 Å². The second-order valence-electron chi connectivity index (χ2n) is 5.94. The summed E-state index contributed by atoms with van der Waals surface area (Å²) in [5.41, 5.74) is 0.560. The smallest absolute Gasteiger partial charge is 0.416 e. The second-order valence-corrected chi connectivity index (χ2v) is 5.94. The van der Waals surface area contributed by atoms with Gasteiger partial charge in [-0.1, -0.05) is 24.3 Å². The Hall–Kier alpha value is -3.55. The van der Waals surface area contributed by atoms with Crippen molar-refractivity contribution < 1.29 is 18.3 Å². The number of halogens is 3. The molecule has 136 valence electrons. The number of benzene rings is 2. The van der Waals surface area contributed by atoms with Crippen molar-refractivity contribution in [3.05, 3.63) is 75.6 Å². The minimum absolute atomic E-state index is 0.00966. The van der Waals surface area contributed by atoms with E-state index in [1.807, 2.05) is 24.3 Å². The normalized spacial score (nSPS) is 14.7. The predicted octanol–water partition coefficient (Wildman–Crippen LogP) is 4.15. The van der Waals surface area contributed by atoms with Crippen LogP contribution in [0.15, 0.2) is 58.3 Å². The van der Waals surface area contributed by atoms with Gasteiger partial charge in [0.25, 0.3) is 5.56 Å². The molecule has 1 aliphatic rings. The summed E-state index contributed by atoms with van der Waals surface area (Å²) in [6.45, 7) is 0. The Kier molecular flexibility index (Phi) is 3.76. The van der Waals surface area contributed by atoms with E-state index in [-0.39, 0.29) is 11.3 Å². The van der Waals surface area contributed by atoms with Crippen molar-refractivity contribution in [3.8, 4) is 11.6 Å². The molecule has 5 nitrogen and oxygen atoms in total. The van der Waals surface area contributed by atoms with Crippen LogP contribution in [0.4, 0.5) is 18.9 Å². The quantitative estimate of drug-likeness (QED) is 0.711. The Morgan fingerprint density at radius 1 is 1.11 bits per heavy atom. The predicted molar refractivity (Wildman–Crippen MR) is 95.5 cm³/mol. The first kappa shape index (κ1) is 16.9. The Labute approximate surface area is 150 Å². The first-order valence-electron chi connectivity index (χ1n) is 7.91. The molecule has 3 aromatic rings. The van der Waals surface area contributed by atoms with Crippen LogP contribution in [-0.2, 0) is 6.18 Å². The van der Waals surface area contributed by atoms with Crippen molar-refractivity contribution in [2.24, 2.45) is 4.99 Å². The number of nitrogens with zero attached hydrogens (tertiary/aromatic N) is 2. The molecule has 8 heteroatoms. The van der Waals surface area contributed by atoms with E-state index in [1.165, 1.54) is 18.2 Å². The number of para-hydroxylation sites is 1. The molecule has 0 radical (unpaired) electrons. The standard InChI is InChI=1S/C19H12F3N3O2/c20-19(21,22)12-4-3-5-13(9-12)25-18(27)15(17(26)24-25)8-11-10-23-16-7-2-1-6-14(11)16/h1-10,27H,(H,24,26)/b11-8+. The van der Waals surface area contributed by atoms with E-state index >= 15 is 0 Å². The maximum Gasteiger partial charge on any atom is 0.416 e. The zero-order valence-corrected chi connectivity index (χ0v) is 13.7. The number of nitrogens with one attached hydrogen (secondary N) is 1. The van der Waals surface area contributed by atoms with Crippen molar-refractivity contribution in [1.82, 2.24) is 9.78 Å². The SMILES string of the molecule is O=c1[nH]n(-c2cccc(C(F)(F)F)c2)c(O)c1/C=C1\C=Nc2ccccc21. The van der Waals surface area contributed by atoms with E-state index in [4.69, 9.17) is 0 Å². The minimum Gasteiger partial charge on any atom is -0.493 e. The number of rotatable bonds is 2. The molecule has 0 saturated carbocycles. The summed E-state index contributed by atoms with van der Waals surface area (Å²) in [5, 5.41) is 12.8. The number of alkyl halides is 3. The van der Waals surface area contributed by atoms with E-state index in [0.29, 0.717) is 5.57 Å². The maximum atomic E-state index is 12.9. The lowest BCUT2D eigenvalue weighted by Gasteiger charge is -2.09. The summed E-state index contributed by atoms with van der Waals surface area (Å²) in [4.78, 5) is 16.5. The van der Waals surface area contributed by atoms with Gasteiger partial charge >= 0.3 is 6.18 Å². The number of hydrogen-bond acceptors (Lipinski definition) is 3. The highest BCUT2D eigenvalue weighted by Crippen LogP contribution is 2.34. The lowest BCUT2D eigenvalue weighted by atomic mass is 10.1. The zero-order chi connectivity index (χ0) is 19.2. The molecule has 0 bridgehead atoms. The fraction of sp³-hybridized carbons (Fsp3) is 0.0526. The molecule has 1 aromatic heterocycles. The zero-order valence-electron chi connectivity index (χ0n) is 13.7. The van der Waals surface area contributed by atoms with Crippen LogP contribution < -0.4 is 5.56 Å². The second kappa shape index (κ2) is 6.01. The maximum absolute atomic E-state index is 12.9. The van der Waals surface area contributed by atoms with Gasteiger partial charge in [-0.3, -0.25) is 14.9 Å². The lowest BCUT2D eigenvalue weighted by Crippen LogP contribution is -2.08. The third-order valence-electron chi connectivity index (χ3n) is 4.20. The van der Waals surface area contributed by atoms with Gasteiger partial charge in [-0.05, 0) is 30.3 Å². The van der Waals surface area contributed by atoms with Gasteiger partial charge in [0.15, 0.2) is 0 Å². The fourth-order valence-electron chi connectivity index (χ4n) is 2.88. The molecule has 27 heavy (non-hydrogen) atoms. The summed E-state index contributed by atoms with van der Waals surface area (Å²) in [7, 11) is 0. The minimum atomic E-state index is -4.53. The Balaban J connectivity index is 1.80. The Morgan fingerprint density at radius 2 is 1.89 bits per heavy atom. The number of aromatic hydroxyl groups is 1. The molecular formula is C19H12F3N3O2. The summed E-state index contributed by atoms with van der Waals surface area (Å²) >= 11 is 0. The highest BCUT2D eigenvalue weighted by molar-refractivity contribution is 6.21. The molecule has 1 aliphatic heterocycles. The van der Waals surface area contributed by atoms with Crippen LogP contribution in [0.1, 0.15) is 16.7 Å². The van der Waals surface area contributed by atoms with Crippen LogP contribution in [-0.4, -0.2) is 21.1 Å². The number of hydrogen-bond donors (Lipinski definition) is 2. The van der Waals surface area contributed by atoms with Crippen molar-refractivity contribution in [3.63, 3.8) is 0 Å². The number of aromatic nitrogens is 2. The molecule has 4 rings (SSSR count). The molecule has 2 heterocycles. The average molecular weight is 371 g/mol. The van der Waals surface area contributed by atoms with Gasteiger partial charge < -0.3 is 5.11 Å². The molecule has 0 fully saturated rings. The van der Waals surface area contributed by atoms with E-state index in [9.17, 15) is 23.1 Å².